The van der Waals surface area contributed by atoms with Gasteiger partial charge in [0.2, 0.25) is 0 Å². The van der Waals surface area contributed by atoms with Crippen LogP contribution in [-0.2, 0) is 0 Å². The number of amides is 1. The van der Waals surface area contributed by atoms with E-state index >= 15 is 0 Å². The van der Waals surface area contributed by atoms with Crippen LogP contribution in [0.1, 0.15) is 41.7 Å². The van der Waals surface area contributed by atoms with Gasteiger partial charge in [-0.3, -0.25) is 9.78 Å². The summed E-state index contributed by atoms with van der Waals surface area (Å²) >= 11 is 6.05. The molecular formula is C15H22ClN3O. The molecule has 0 spiro atoms. The molecule has 110 valence electrons. The second-order valence-electron chi connectivity index (χ2n) is 5.32. The number of aromatic nitrogens is 1. The van der Waals surface area contributed by atoms with Gasteiger partial charge in [0.25, 0.3) is 5.91 Å². The lowest BCUT2D eigenvalue weighted by Crippen LogP contribution is -2.33. The highest BCUT2D eigenvalue weighted by molar-refractivity contribution is 6.33. The number of nitrogens with zero attached hydrogens (tertiary/aromatic N) is 2. The van der Waals surface area contributed by atoms with Crippen LogP contribution in [0.3, 0.4) is 0 Å². The number of rotatable bonds is 5. The molecule has 0 aromatic carbocycles. The smallest absolute Gasteiger partial charge is 0.254 e. The first-order valence-electron chi connectivity index (χ1n) is 7.29. The minimum atomic E-state index is -0.138. The summed E-state index contributed by atoms with van der Waals surface area (Å²) in [4.78, 5) is 18.6. The largest absolute Gasteiger partial charge is 0.352 e. The number of pyridine rings is 1. The van der Waals surface area contributed by atoms with Crippen LogP contribution in [-0.4, -0.2) is 42.0 Å². The van der Waals surface area contributed by atoms with Crippen LogP contribution in [0.5, 0.6) is 0 Å². The lowest BCUT2D eigenvalue weighted by molar-refractivity contribution is 0.0951. The molecule has 1 saturated heterocycles. The summed E-state index contributed by atoms with van der Waals surface area (Å²) in [7, 11) is 0. The summed E-state index contributed by atoms with van der Waals surface area (Å²) in [6.07, 6.45) is 6.47. The summed E-state index contributed by atoms with van der Waals surface area (Å²) in [5, 5.41) is 3.37. The van der Waals surface area contributed by atoms with E-state index in [9.17, 15) is 4.79 Å². The standard InChI is InChI=1S/C15H22ClN3O/c1-12-10-14(16)13(11-18-12)15(20)17-6-5-9-19-7-3-2-4-8-19/h10-11H,2-9H2,1H3,(H,17,20). The van der Waals surface area contributed by atoms with E-state index in [1.807, 2.05) is 6.92 Å². The SMILES string of the molecule is Cc1cc(Cl)c(C(=O)NCCCN2CCCCC2)cn1. The number of carbonyl (C=O) groups excluding carboxylic acids is 1. The van der Waals surface area contributed by atoms with Crippen molar-refractivity contribution < 1.29 is 4.79 Å². The Kier molecular flexibility index (Phi) is 5.80. The Morgan fingerprint density at radius 3 is 2.85 bits per heavy atom. The number of aryl methyl sites for hydroxylation is 1. The Balaban J connectivity index is 1.72. The number of carbonyl (C=O) groups is 1. The fourth-order valence-corrected chi connectivity index (χ4v) is 2.77. The highest BCUT2D eigenvalue weighted by Gasteiger charge is 2.12. The molecule has 0 radical (unpaired) electrons. The van der Waals surface area contributed by atoms with E-state index < -0.39 is 0 Å². The van der Waals surface area contributed by atoms with Gasteiger partial charge in [-0.1, -0.05) is 18.0 Å². The molecule has 1 aliphatic heterocycles. The first-order chi connectivity index (χ1) is 9.66. The number of piperidine rings is 1. The Morgan fingerprint density at radius 1 is 1.40 bits per heavy atom. The molecule has 0 bridgehead atoms. The summed E-state index contributed by atoms with van der Waals surface area (Å²) in [5.41, 5.74) is 1.27. The van der Waals surface area contributed by atoms with Crippen molar-refractivity contribution in [3.05, 3.63) is 28.5 Å². The average Bonchev–Trinajstić information content (AvgIpc) is 2.44. The van der Waals surface area contributed by atoms with Crippen LogP contribution in [0.25, 0.3) is 0 Å². The Labute approximate surface area is 125 Å². The molecule has 1 fully saturated rings. The molecule has 2 heterocycles. The number of hydrogen-bond donors (Lipinski definition) is 1. The van der Waals surface area contributed by atoms with E-state index in [-0.39, 0.29) is 5.91 Å². The fraction of sp³-hybridized carbons (Fsp3) is 0.600. The summed E-state index contributed by atoms with van der Waals surface area (Å²) < 4.78 is 0. The fourth-order valence-electron chi connectivity index (χ4n) is 2.48. The lowest BCUT2D eigenvalue weighted by atomic mass is 10.1. The third-order valence-corrected chi connectivity index (χ3v) is 3.93. The van der Waals surface area contributed by atoms with E-state index in [2.05, 4.69) is 15.2 Å². The van der Waals surface area contributed by atoms with E-state index in [1.165, 1.54) is 38.5 Å². The van der Waals surface area contributed by atoms with Crippen molar-refractivity contribution in [3.63, 3.8) is 0 Å². The van der Waals surface area contributed by atoms with Gasteiger partial charge in [-0.25, -0.2) is 0 Å². The van der Waals surface area contributed by atoms with Crippen molar-refractivity contribution in [2.75, 3.05) is 26.2 Å². The molecule has 20 heavy (non-hydrogen) atoms. The zero-order valence-electron chi connectivity index (χ0n) is 12.0. The zero-order chi connectivity index (χ0) is 14.4. The Morgan fingerprint density at radius 2 is 2.15 bits per heavy atom. The number of hydrogen-bond acceptors (Lipinski definition) is 3. The maximum Gasteiger partial charge on any atom is 0.254 e. The predicted molar refractivity (Wildman–Crippen MR) is 81.2 cm³/mol. The molecule has 2 rings (SSSR count). The van der Waals surface area contributed by atoms with Crippen molar-refractivity contribution in [2.24, 2.45) is 0 Å². The minimum absolute atomic E-state index is 0.138. The van der Waals surface area contributed by atoms with Crippen LogP contribution in [0.15, 0.2) is 12.3 Å². The molecule has 1 aromatic heterocycles. The monoisotopic (exact) mass is 295 g/mol. The van der Waals surface area contributed by atoms with Crippen molar-refractivity contribution in [2.45, 2.75) is 32.6 Å². The van der Waals surface area contributed by atoms with Crippen molar-refractivity contribution in [1.29, 1.82) is 0 Å². The van der Waals surface area contributed by atoms with Gasteiger partial charge in [-0.2, -0.15) is 0 Å². The van der Waals surface area contributed by atoms with E-state index in [0.29, 0.717) is 17.1 Å². The molecular weight excluding hydrogens is 274 g/mol. The zero-order valence-corrected chi connectivity index (χ0v) is 12.7. The van der Waals surface area contributed by atoms with Gasteiger partial charge >= 0.3 is 0 Å². The molecule has 1 aromatic rings. The molecule has 0 atom stereocenters. The highest BCUT2D eigenvalue weighted by Crippen LogP contribution is 2.15. The third-order valence-electron chi connectivity index (χ3n) is 3.62. The lowest BCUT2D eigenvalue weighted by Gasteiger charge is -2.26. The molecule has 0 saturated carbocycles. The third kappa shape index (κ3) is 4.46. The van der Waals surface area contributed by atoms with E-state index in [4.69, 9.17) is 11.6 Å². The highest BCUT2D eigenvalue weighted by atomic mass is 35.5. The first-order valence-corrected chi connectivity index (χ1v) is 7.67. The number of halogens is 1. The second kappa shape index (κ2) is 7.60. The number of nitrogens with one attached hydrogen (secondary N) is 1. The summed E-state index contributed by atoms with van der Waals surface area (Å²) in [5.74, 6) is -0.138. The Bertz CT molecular complexity index is 458. The Hall–Kier alpha value is -1.13. The van der Waals surface area contributed by atoms with E-state index in [0.717, 1.165) is 18.7 Å². The quantitative estimate of drug-likeness (QED) is 0.850. The molecule has 1 N–H and O–H groups in total. The maximum absolute atomic E-state index is 12.0. The number of likely N-dealkylation sites (tertiary alicyclic amines) is 1. The van der Waals surface area contributed by atoms with Crippen LogP contribution in [0, 0.1) is 6.92 Å². The molecule has 1 amide bonds. The van der Waals surface area contributed by atoms with Crippen molar-refractivity contribution >= 4 is 17.5 Å². The van der Waals surface area contributed by atoms with Crippen molar-refractivity contribution in [1.82, 2.24) is 15.2 Å². The second-order valence-corrected chi connectivity index (χ2v) is 5.72. The minimum Gasteiger partial charge on any atom is -0.352 e. The molecule has 1 aliphatic rings. The maximum atomic E-state index is 12.0. The summed E-state index contributed by atoms with van der Waals surface area (Å²) in [6, 6.07) is 1.71. The van der Waals surface area contributed by atoms with Gasteiger partial charge in [0.15, 0.2) is 0 Å². The summed E-state index contributed by atoms with van der Waals surface area (Å²) in [6.45, 7) is 5.98. The van der Waals surface area contributed by atoms with Crippen LogP contribution in [0.2, 0.25) is 5.02 Å². The topological polar surface area (TPSA) is 45.2 Å². The normalized spacial score (nSPS) is 16.1. The first kappa shape index (κ1) is 15.3. The average molecular weight is 296 g/mol. The van der Waals surface area contributed by atoms with Crippen LogP contribution < -0.4 is 5.32 Å². The van der Waals surface area contributed by atoms with Crippen LogP contribution >= 0.6 is 11.6 Å². The van der Waals surface area contributed by atoms with Crippen molar-refractivity contribution in [3.8, 4) is 0 Å². The van der Waals surface area contributed by atoms with Gasteiger partial charge in [0.1, 0.15) is 0 Å². The van der Waals surface area contributed by atoms with Gasteiger partial charge in [-0.15, -0.1) is 0 Å². The predicted octanol–water partition coefficient (Wildman–Crippen LogP) is 2.65. The van der Waals surface area contributed by atoms with E-state index in [1.54, 1.807) is 6.07 Å². The van der Waals surface area contributed by atoms with Gasteiger partial charge in [0.05, 0.1) is 10.6 Å². The molecule has 0 aliphatic carbocycles. The van der Waals surface area contributed by atoms with Gasteiger partial charge in [-0.05, 0) is 51.9 Å². The molecule has 4 nitrogen and oxygen atoms in total. The van der Waals surface area contributed by atoms with Gasteiger partial charge < -0.3 is 10.2 Å². The molecule has 5 heteroatoms. The van der Waals surface area contributed by atoms with Crippen LogP contribution in [0.4, 0.5) is 0 Å². The molecule has 0 unspecified atom stereocenters. The van der Waals surface area contributed by atoms with Gasteiger partial charge in [0, 0.05) is 18.4 Å².